The first-order valence-electron chi connectivity index (χ1n) is 9.09. The number of aliphatic carboxylic acids is 1. The van der Waals surface area contributed by atoms with Crippen LogP contribution in [0.25, 0.3) is 11.1 Å². The third-order valence-corrected chi connectivity index (χ3v) is 6.14. The summed E-state index contributed by atoms with van der Waals surface area (Å²) in [6.07, 6.45) is -5.20. The molecule has 0 heterocycles. The Bertz CT molecular complexity index is 1240. The van der Waals surface area contributed by atoms with Crippen LogP contribution in [0.2, 0.25) is 0 Å². The van der Waals surface area contributed by atoms with Gasteiger partial charge in [-0.25, -0.2) is 8.42 Å². The van der Waals surface area contributed by atoms with Crippen molar-refractivity contribution in [3.8, 4) is 22.6 Å². The molecule has 0 atom stereocenters. The molecule has 3 aromatic carbocycles. The second-order valence-corrected chi connectivity index (χ2v) is 8.64. The Balaban J connectivity index is 1.97. The van der Waals surface area contributed by atoms with Gasteiger partial charge in [0, 0.05) is 0 Å². The van der Waals surface area contributed by atoms with Crippen LogP contribution in [0.1, 0.15) is 5.56 Å². The third-order valence-electron chi connectivity index (χ3n) is 4.41. The maximum Gasteiger partial charge on any atom is 0.573 e. The first-order valence-corrected chi connectivity index (χ1v) is 10.6. The number of carboxylic acid groups (broad SMARTS) is 1. The van der Waals surface area contributed by atoms with Crippen molar-refractivity contribution in [1.82, 2.24) is 0 Å². The van der Waals surface area contributed by atoms with Gasteiger partial charge >= 0.3 is 12.3 Å². The average Bonchev–Trinajstić information content (AvgIpc) is 2.72. The molecule has 6 nitrogen and oxygen atoms in total. The molecule has 0 saturated carbocycles. The molecule has 0 fully saturated rings. The van der Waals surface area contributed by atoms with E-state index >= 15 is 0 Å². The van der Waals surface area contributed by atoms with Gasteiger partial charge in [-0.05, 0) is 59.2 Å². The van der Waals surface area contributed by atoms with E-state index in [2.05, 4.69) is 4.74 Å². The molecule has 0 aliphatic heterocycles. The van der Waals surface area contributed by atoms with E-state index in [1.165, 1.54) is 55.6 Å². The highest BCUT2D eigenvalue weighted by Gasteiger charge is 2.31. The molecule has 32 heavy (non-hydrogen) atoms. The largest absolute Gasteiger partial charge is 0.573 e. The number of rotatable bonds is 7. The highest BCUT2D eigenvalue weighted by molar-refractivity contribution is 7.91. The van der Waals surface area contributed by atoms with Gasteiger partial charge in [0.2, 0.25) is 9.84 Å². The molecule has 0 aromatic heterocycles. The van der Waals surface area contributed by atoms with Crippen LogP contribution in [-0.4, -0.2) is 33.0 Å². The molecule has 0 amide bonds. The second-order valence-electron chi connectivity index (χ2n) is 6.69. The quantitative estimate of drug-likeness (QED) is 0.542. The molecule has 0 bridgehead atoms. The summed E-state index contributed by atoms with van der Waals surface area (Å²) in [6, 6.07) is 14.9. The van der Waals surface area contributed by atoms with Crippen molar-refractivity contribution in [3.63, 3.8) is 0 Å². The topological polar surface area (TPSA) is 89.9 Å². The van der Waals surface area contributed by atoms with Gasteiger partial charge in [0.1, 0.15) is 11.5 Å². The van der Waals surface area contributed by atoms with Crippen LogP contribution in [0, 0.1) is 0 Å². The maximum atomic E-state index is 13.2. The summed E-state index contributed by atoms with van der Waals surface area (Å²) in [7, 11) is -2.70. The fourth-order valence-electron chi connectivity index (χ4n) is 3.01. The number of methoxy groups -OCH3 is 1. The zero-order valence-corrected chi connectivity index (χ0v) is 17.4. The van der Waals surface area contributed by atoms with Gasteiger partial charge in [0.25, 0.3) is 0 Å². The van der Waals surface area contributed by atoms with E-state index in [-0.39, 0.29) is 27.5 Å². The van der Waals surface area contributed by atoms with Gasteiger partial charge in [-0.2, -0.15) is 0 Å². The standard InChI is InChI=1S/C22H17F3O6S/c1-30-18-9-14(11-21(26)27)10-20(13-18)32(28,29)19-4-2-3-16(12-19)15-5-7-17(8-6-15)31-22(23,24)25/h2-10,12-13H,11H2,1H3,(H,26,27). The Hall–Kier alpha value is -3.53. The van der Waals surface area contributed by atoms with Crippen LogP contribution in [0.5, 0.6) is 11.5 Å². The number of halogens is 3. The molecular formula is C22H17F3O6S. The molecule has 3 aromatic rings. The molecule has 168 valence electrons. The van der Waals surface area contributed by atoms with Gasteiger partial charge in [0.15, 0.2) is 0 Å². The molecule has 0 aliphatic rings. The summed E-state index contributed by atoms with van der Waals surface area (Å²) in [5, 5.41) is 9.02. The van der Waals surface area contributed by atoms with Crippen molar-refractivity contribution in [2.75, 3.05) is 7.11 Å². The van der Waals surface area contributed by atoms with Crippen LogP contribution in [0.4, 0.5) is 13.2 Å². The predicted octanol–water partition coefficient (Wildman–Crippen LogP) is 4.72. The van der Waals surface area contributed by atoms with E-state index in [1.807, 2.05) is 0 Å². The summed E-state index contributed by atoms with van der Waals surface area (Å²) in [5.41, 5.74) is 1.19. The van der Waals surface area contributed by atoms with Crippen molar-refractivity contribution in [3.05, 3.63) is 72.3 Å². The Morgan fingerprint density at radius 2 is 1.59 bits per heavy atom. The smallest absolute Gasteiger partial charge is 0.497 e. The maximum absolute atomic E-state index is 13.2. The minimum absolute atomic E-state index is 0.0693. The molecule has 0 saturated heterocycles. The fourth-order valence-corrected chi connectivity index (χ4v) is 4.40. The lowest BCUT2D eigenvalue weighted by Crippen LogP contribution is -2.16. The van der Waals surface area contributed by atoms with Crippen LogP contribution >= 0.6 is 0 Å². The van der Waals surface area contributed by atoms with Crippen LogP contribution < -0.4 is 9.47 Å². The minimum atomic E-state index is -4.81. The molecule has 3 rings (SSSR count). The number of alkyl halides is 3. The van der Waals surface area contributed by atoms with Gasteiger partial charge in [-0.3, -0.25) is 4.79 Å². The highest BCUT2D eigenvalue weighted by atomic mass is 32.2. The van der Waals surface area contributed by atoms with Gasteiger partial charge < -0.3 is 14.6 Å². The van der Waals surface area contributed by atoms with E-state index in [0.717, 1.165) is 12.1 Å². The normalized spacial score (nSPS) is 11.8. The molecular weight excluding hydrogens is 449 g/mol. The van der Waals surface area contributed by atoms with Crippen LogP contribution in [-0.2, 0) is 21.1 Å². The van der Waals surface area contributed by atoms with Crippen molar-refractivity contribution < 1.29 is 41.0 Å². The summed E-state index contributed by atoms with van der Waals surface area (Å²) in [6.45, 7) is 0. The third kappa shape index (κ3) is 5.58. The second kappa shape index (κ2) is 8.91. The Kier molecular flexibility index (Phi) is 6.45. The van der Waals surface area contributed by atoms with E-state index in [0.29, 0.717) is 11.1 Å². The lowest BCUT2D eigenvalue weighted by atomic mass is 10.1. The molecule has 0 aliphatic carbocycles. The molecule has 10 heteroatoms. The number of carboxylic acids is 1. The SMILES string of the molecule is COc1cc(CC(=O)O)cc(S(=O)(=O)c2cccc(-c3ccc(OC(F)(F)F)cc3)c2)c1. The van der Waals surface area contributed by atoms with Crippen LogP contribution in [0.15, 0.2) is 76.5 Å². The van der Waals surface area contributed by atoms with E-state index in [9.17, 15) is 26.4 Å². The summed E-state index contributed by atoms with van der Waals surface area (Å²) in [4.78, 5) is 10.8. The fraction of sp³-hybridized carbons (Fsp3) is 0.136. The number of benzene rings is 3. The Morgan fingerprint density at radius 3 is 2.19 bits per heavy atom. The van der Waals surface area contributed by atoms with Crippen molar-refractivity contribution >= 4 is 15.8 Å². The highest BCUT2D eigenvalue weighted by Crippen LogP contribution is 2.31. The molecule has 0 radical (unpaired) electrons. The lowest BCUT2D eigenvalue weighted by molar-refractivity contribution is -0.274. The zero-order chi connectivity index (χ0) is 23.5. The average molecular weight is 466 g/mol. The predicted molar refractivity (Wildman–Crippen MR) is 108 cm³/mol. The summed E-state index contributed by atoms with van der Waals surface area (Å²) in [5.74, 6) is -1.33. The molecule has 0 unspecified atom stereocenters. The Morgan fingerprint density at radius 1 is 0.906 bits per heavy atom. The Labute approximate surface area is 181 Å². The number of hydrogen-bond donors (Lipinski definition) is 1. The van der Waals surface area contributed by atoms with Crippen LogP contribution in [0.3, 0.4) is 0 Å². The molecule has 0 spiro atoms. The molecule has 1 N–H and O–H groups in total. The number of sulfone groups is 1. The van der Waals surface area contributed by atoms with Gasteiger partial charge in [-0.15, -0.1) is 13.2 Å². The zero-order valence-electron chi connectivity index (χ0n) is 16.6. The number of hydrogen-bond acceptors (Lipinski definition) is 5. The summed E-state index contributed by atoms with van der Waals surface area (Å²) < 4.78 is 72.3. The van der Waals surface area contributed by atoms with Gasteiger partial charge in [-0.1, -0.05) is 24.3 Å². The van der Waals surface area contributed by atoms with Gasteiger partial charge in [0.05, 0.1) is 23.3 Å². The van der Waals surface area contributed by atoms with E-state index in [1.54, 1.807) is 6.07 Å². The van der Waals surface area contributed by atoms with Crippen molar-refractivity contribution in [1.29, 1.82) is 0 Å². The number of ether oxygens (including phenoxy) is 2. The summed E-state index contributed by atoms with van der Waals surface area (Å²) >= 11 is 0. The van der Waals surface area contributed by atoms with Crippen molar-refractivity contribution in [2.24, 2.45) is 0 Å². The van der Waals surface area contributed by atoms with E-state index < -0.39 is 27.9 Å². The lowest BCUT2D eigenvalue weighted by Gasteiger charge is -2.11. The monoisotopic (exact) mass is 466 g/mol. The number of carbonyl (C=O) groups is 1. The minimum Gasteiger partial charge on any atom is -0.497 e. The first-order chi connectivity index (χ1) is 15.0. The first kappa shape index (κ1) is 23.1. The van der Waals surface area contributed by atoms with E-state index in [4.69, 9.17) is 9.84 Å². The van der Waals surface area contributed by atoms with Crippen molar-refractivity contribution in [2.45, 2.75) is 22.6 Å².